The Morgan fingerprint density at radius 2 is 1.94 bits per heavy atom. The summed E-state index contributed by atoms with van der Waals surface area (Å²) in [6, 6.07) is 6.44. The van der Waals surface area contributed by atoms with Crippen LogP contribution in [0.1, 0.15) is 16.5 Å². The van der Waals surface area contributed by atoms with Crippen LogP contribution in [-0.2, 0) is 0 Å². The average Bonchev–Trinajstić information content (AvgIpc) is 2.61. The van der Waals surface area contributed by atoms with Crippen LogP contribution in [0, 0.1) is 5.82 Å². The van der Waals surface area contributed by atoms with E-state index in [2.05, 4.69) is 31.9 Å². The van der Waals surface area contributed by atoms with Gasteiger partial charge in [-0.1, -0.05) is 17.7 Å². The Morgan fingerprint density at radius 3 is 2.47 bits per heavy atom. The molecule has 1 aromatic carbocycles. The van der Waals surface area contributed by atoms with Crippen molar-refractivity contribution in [3.05, 3.63) is 53.8 Å². The Labute approximate surface area is 129 Å². The number of halogens is 5. The number of hydrogen-bond acceptors (Lipinski definition) is 1. The highest BCUT2D eigenvalue weighted by Gasteiger charge is 2.17. The number of benzene rings is 1. The maximum atomic E-state index is 13.1. The van der Waals surface area contributed by atoms with Gasteiger partial charge in [-0.15, -0.1) is 22.9 Å². The topological polar surface area (TPSA) is 0 Å². The van der Waals surface area contributed by atoms with Crippen LogP contribution in [0.4, 0.5) is 4.39 Å². The average molecular weight is 419 g/mol. The van der Waals surface area contributed by atoms with E-state index in [1.165, 1.54) is 6.07 Å². The third-order valence-corrected chi connectivity index (χ3v) is 5.35. The zero-order chi connectivity index (χ0) is 12.6. The monoisotopic (exact) mass is 416 g/mol. The maximum Gasteiger partial charge on any atom is 0.141 e. The highest BCUT2D eigenvalue weighted by molar-refractivity contribution is 9.12. The van der Waals surface area contributed by atoms with Crippen LogP contribution < -0.4 is 0 Å². The van der Waals surface area contributed by atoms with Crippen LogP contribution in [0.2, 0.25) is 5.02 Å². The van der Waals surface area contributed by atoms with E-state index in [0.29, 0.717) is 0 Å². The Hall–Kier alpha value is 0.390. The molecule has 1 unspecified atom stereocenters. The first-order valence-corrected chi connectivity index (χ1v) is 7.74. The summed E-state index contributed by atoms with van der Waals surface area (Å²) in [5, 5.41) is -0.274. The zero-order valence-corrected chi connectivity index (χ0v) is 13.7. The van der Waals surface area contributed by atoms with Gasteiger partial charge in [-0.25, -0.2) is 4.39 Å². The lowest BCUT2D eigenvalue weighted by molar-refractivity contribution is 0.627. The molecule has 0 nitrogen and oxygen atoms in total. The van der Waals surface area contributed by atoms with Gasteiger partial charge in [-0.2, -0.15) is 0 Å². The molecule has 0 aliphatic rings. The van der Waals surface area contributed by atoms with Gasteiger partial charge in [0, 0.05) is 5.56 Å². The van der Waals surface area contributed by atoms with Crippen LogP contribution in [0.15, 0.2) is 31.8 Å². The third-order valence-electron chi connectivity index (χ3n) is 2.19. The van der Waals surface area contributed by atoms with Crippen molar-refractivity contribution >= 4 is 66.4 Å². The lowest BCUT2D eigenvalue weighted by Gasteiger charge is -2.09. The second kappa shape index (κ2) is 5.57. The van der Waals surface area contributed by atoms with Gasteiger partial charge >= 0.3 is 0 Å². The molecular weight excluding hydrogens is 414 g/mol. The Morgan fingerprint density at radius 1 is 1.24 bits per heavy atom. The van der Waals surface area contributed by atoms with E-state index < -0.39 is 5.82 Å². The Kier molecular flexibility index (Phi) is 4.53. The SMILES string of the molecule is Fc1ccc(C(Cl)c2cc(Br)sc2Br)cc1Cl. The number of alkyl halides is 1. The molecular formula is C11H5Br2Cl2FS. The first-order valence-electron chi connectivity index (χ1n) is 4.53. The fourth-order valence-electron chi connectivity index (χ4n) is 1.38. The van der Waals surface area contributed by atoms with Crippen molar-refractivity contribution in [3.8, 4) is 0 Å². The second-order valence-electron chi connectivity index (χ2n) is 3.32. The molecule has 0 aliphatic heterocycles. The largest absolute Gasteiger partial charge is 0.205 e. The maximum absolute atomic E-state index is 13.1. The molecule has 6 heteroatoms. The minimum Gasteiger partial charge on any atom is -0.205 e. The van der Waals surface area contributed by atoms with Crippen LogP contribution in [0.3, 0.4) is 0 Å². The van der Waals surface area contributed by atoms with Gasteiger partial charge in [0.2, 0.25) is 0 Å². The smallest absolute Gasteiger partial charge is 0.141 e. The molecule has 1 aromatic heterocycles. The molecule has 2 aromatic rings. The molecule has 0 saturated heterocycles. The summed E-state index contributed by atoms with van der Waals surface area (Å²) >= 11 is 20.5. The van der Waals surface area contributed by atoms with Gasteiger partial charge < -0.3 is 0 Å². The van der Waals surface area contributed by atoms with Gasteiger partial charge in [-0.05, 0) is 55.6 Å². The standard InChI is InChI=1S/C11H5Br2Cl2FS/c12-9-4-6(11(13)17-9)10(15)5-1-2-8(16)7(14)3-5/h1-4,10H. The molecule has 0 N–H and O–H groups in total. The van der Waals surface area contributed by atoms with Crippen molar-refractivity contribution in [1.82, 2.24) is 0 Å². The summed E-state index contributed by atoms with van der Waals surface area (Å²) in [4.78, 5) is 0. The summed E-state index contributed by atoms with van der Waals surface area (Å²) in [6.45, 7) is 0. The summed E-state index contributed by atoms with van der Waals surface area (Å²) in [6.07, 6.45) is 0. The highest BCUT2D eigenvalue weighted by Crippen LogP contribution is 2.41. The van der Waals surface area contributed by atoms with Crippen LogP contribution in [0.25, 0.3) is 0 Å². The lowest BCUT2D eigenvalue weighted by atomic mass is 10.1. The molecule has 0 spiro atoms. The van der Waals surface area contributed by atoms with Crippen LogP contribution in [0.5, 0.6) is 0 Å². The van der Waals surface area contributed by atoms with Crippen molar-refractivity contribution in [2.75, 3.05) is 0 Å². The van der Waals surface area contributed by atoms with Crippen molar-refractivity contribution < 1.29 is 4.39 Å². The molecule has 0 saturated carbocycles. The predicted octanol–water partition coefficient (Wildman–Crippen LogP) is 6.39. The minimum absolute atomic E-state index is 0.0820. The summed E-state index contributed by atoms with van der Waals surface area (Å²) in [5.41, 5.74) is 1.70. The molecule has 0 aliphatic carbocycles. The summed E-state index contributed by atoms with van der Waals surface area (Å²) in [5.74, 6) is -0.440. The molecule has 0 amide bonds. The Bertz CT molecular complexity index is 556. The third kappa shape index (κ3) is 3.04. The van der Waals surface area contributed by atoms with Gasteiger partial charge in [-0.3, -0.25) is 0 Å². The van der Waals surface area contributed by atoms with Crippen molar-refractivity contribution in [2.45, 2.75) is 5.38 Å². The van der Waals surface area contributed by atoms with Gasteiger partial charge in [0.1, 0.15) is 5.82 Å². The van der Waals surface area contributed by atoms with Crippen molar-refractivity contribution in [3.63, 3.8) is 0 Å². The number of rotatable bonds is 2. The van der Waals surface area contributed by atoms with E-state index in [0.717, 1.165) is 18.7 Å². The van der Waals surface area contributed by atoms with Gasteiger partial charge in [0.25, 0.3) is 0 Å². The van der Waals surface area contributed by atoms with E-state index in [1.54, 1.807) is 23.5 Å². The van der Waals surface area contributed by atoms with E-state index >= 15 is 0 Å². The fraction of sp³-hybridized carbons (Fsp3) is 0.0909. The highest BCUT2D eigenvalue weighted by atomic mass is 79.9. The van der Waals surface area contributed by atoms with E-state index in [4.69, 9.17) is 23.2 Å². The molecule has 1 heterocycles. The minimum atomic E-state index is -0.440. The zero-order valence-electron chi connectivity index (χ0n) is 8.18. The molecule has 17 heavy (non-hydrogen) atoms. The molecule has 0 bridgehead atoms. The fourth-order valence-corrected chi connectivity index (χ4v) is 4.97. The lowest BCUT2D eigenvalue weighted by Crippen LogP contribution is -1.93. The van der Waals surface area contributed by atoms with Crippen molar-refractivity contribution in [1.29, 1.82) is 0 Å². The predicted molar refractivity (Wildman–Crippen MR) is 78.8 cm³/mol. The molecule has 2 rings (SSSR count). The molecule has 0 radical (unpaired) electrons. The van der Waals surface area contributed by atoms with Crippen LogP contribution in [-0.4, -0.2) is 0 Å². The normalized spacial score (nSPS) is 12.8. The van der Waals surface area contributed by atoms with Gasteiger partial charge in [0.15, 0.2) is 0 Å². The van der Waals surface area contributed by atoms with E-state index in [-0.39, 0.29) is 10.4 Å². The van der Waals surface area contributed by atoms with Crippen molar-refractivity contribution in [2.24, 2.45) is 0 Å². The second-order valence-corrected chi connectivity index (χ2v) is 7.91. The summed E-state index contributed by atoms with van der Waals surface area (Å²) < 4.78 is 15.0. The van der Waals surface area contributed by atoms with E-state index in [1.807, 2.05) is 6.07 Å². The Balaban J connectivity index is 2.40. The molecule has 0 fully saturated rings. The molecule has 90 valence electrons. The quantitative estimate of drug-likeness (QED) is 0.495. The molecule has 1 atom stereocenters. The first-order chi connectivity index (χ1) is 7.99. The number of thiophene rings is 1. The summed E-state index contributed by atoms with van der Waals surface area (Å²) in [7, 11) is 0. The van der Waals surface area contributed by atoms with E-state index in [9.17, 15) is 4.39 Å². The van der Waals surface area contributed by atoms with Crippen LogP contribution >= 0.6 is 66.4 Å². The van der Waals surface area contributed by atoms with Gasteiger partial charge in [0.05, 0.1) is 18.0 Å². The number of hydrogen-bond donors (Lipinski definition) is 0. The first kappa shape index (κ1) is 13.8.